The smallest absolute Gasteiger partial charge is 0.333 e. The molecule has 1 saturated heterocycles. The summed E-state index contributed by atoms with van der Waals surface area (Å²) in [7, 11) is 0. The van der Waals surface area contributed by atoms with Gasteiger partial charge in [-0.15, -0.1) is 0 Å². The third-order valence-electron chi connectivity index (χ3n) is 5.82. The fraction of sp³-hybridized carbons (Fsp3) is 0.735. The third-order valence-corrected chi connectivity index (χ3v) is 5.82. The highest BCUT2D eigenvalue weighted by molar-refractivity contribution is 5.87. The second kappa shape index (κ2) is 28.6. The van der Waals surface area contributed by atoms with Crippen LogP contribution in [0.25, 0.3) is 0 Å². The lowest BCUT2D eigenvalue weighted by Gasteiger charge is -2.23. The molecule has 0 radical (unpaired) electrons. The van der Waals surface area contributed by atoms with Crippen LogP contribution in [0.1, 0.15) is 94.4 Å². The molecule has 46 heavy (non-hydrogen) atoms. The summed E-state index contributed by atoms with van der Waals surface area (Å²) in [6.45, 7) is 26.9. The van der Waals surface area contributed by atoms with Gasteiger partial charge in [0, 0.05) is 23.1 Å². The summed E-state index contributed by atoms with van der Waals surface area (Å²) in [6.07, 6.45) is 1.44. The molecule has 0 aromatic heterocycles. The van der Waals surface area contributed by atoms with Gasteiger partial charge in [0.2, 0.25) is 0 Å². The molecule has 0 aromatic carbocycles. The normalized spacial score (nSPS) is 16.8. The summed E-state index contributed by atoms with van der Waals surface area (Å²) in [5.41, 5.74) is 1.13. The highest BCUT2D eigenvalue weighted by Gasteiger charge is 2.24. The van der Waals surface area contributed by atoms with Crippen molar-refractivity contribution in [3.63, 3.8) is 0 Å². The zero-order valence-corrected chi connectivity index (χ0v) is 29.6. The van der Waals surface area contributed by atoms with Crippen LogP contribution in [0.5, 0.6) is 0 Å². The van der Waals surface area contributed by atoms with Crippen LogP contribution >= 0.6 is 0 Å². The molecule has 7 unspecified atom stereocenters. The molecule has 1 fully saturated rings. The van der Waals surface area contributed by atoms with Crippen molar-refractivity contribution in [2.24, 2.45) is 0 Å². The lowest BCUT2D eigenvalue weighted by Crippen LogP contribution is -2.32. The van der Waals surface area contributed by atoms with Gasteiger partial charge < -0.3 is 44.1 Å². The van der Waals surface area contributed by atoms with Crippen LogP contribution in [0.4, 0.5) is 0 Å². The molecule has 1 aliphatic rings. The number of aliphatic hydroxyl groups is 4. The molecule has 7 atom stereocenters. The van der Waals surface area contributed by atoms with Crippen LogP contribution in [0.3, 0.4) is 0 Å². The summed E-state index contributed by atoms with van der Waals surface area (Å²) in [4.78, 5) is 33.0. The van der Waals surface area contributed by atoms with Crippen molar-refractivity contribution in [3.8, 4) is 0 Å². The molecule has 0 aromatic rings. The average Bonchev–Trinajstić information content (AvgIpc) is 3.81. The number of ether oxygens (including phenoxy) is 5. The zero-order chi connectivity index (χ0) is 36.4. The second-order valence-electron chi connectivity index (χ2n) is 11.3. The van der Waals surface area contributed by atoms with Crippen molar-refractivity contribution < 1.29 is 58.5 Å². The Labute approximate surface area is 276 Å². The first-order valence-electron chi connectivity index (χ1n) is 15.8. The summed E-state index contributed by atoms with van der Waals surface area (Å²) < 4.78 is 25.2. The molecule has 12 heteroatoms. The van der Waals surface area contributed by atoms with E-state index >= 15 is 0 Å². The van der Waals surface area contributed by atoms with Crippen LogP contribution in [0.15, 0.2) is 36.5 Å². The highest BCUT2D eigenvalue weighted by atomic mass is 16.6. The van der Waals surface area contributed by atoms with E-state index in [1.54, 1.807) is 41.5 Å². The average molecular weight is 663 g/mol. The Hall–Kier alpha value is -2.61. The van der Waals surface area contributed by atoms with Crippen LogP contribution in [-0.4, -0.2) is 107 Å². The molecule has 0 saturated carbocycles. The van der Waals surface area contributed by atoms with Gasteiger partial charge in [-0.3, -0.25) is 0 Å². The number of esters is 3. The minimum Gasteiger partial charge on any atom is -0.459 e. The Balaban J connectivity index is -0.000000579. The van der Waals surface area contributed by atoms with Crippen molar-refractivity contribution in [3.05, 3.63) is 36.5 Å². The van der Waals surface area contributed by atoms with Gasteiger partial charge in [0.1, 0.15) is 31.5 Å². The lowest BCUT2D eigenvalue weighted by atomic mass is 10.1. The van der Waals surface area contributed by atoms with Gasteiger partial charge >= 0.3 is 17.9 Å². The number of rotatable bonds is 18. The highest BCUT2D eigenvalue weighted by Crippen LogP contribution is 2.12. The minimum absolute atomic E-state index is 0.0154. The first-order valence-corrected chi connectivity index (χ1v) is 15.8. The summed E-state index contributed by atoms with van der Waals surface area (Å²) in [6, 6.07) is 0. The van der Waals surface area contributed by atoms with Crippen LogP contribution in [0, 0.1) is 0 Å². The topological polar surface area (TPSA) is 182 Å². The number of carbonyl (C=O) groups excluding carboxylic acids is 3. The number of aliphatic hydroxyl groups excluding tert-OH is 4. The zero-order valence-electron chi connectivity index (χ0n) is 29.6. The van der Waals surface area contributed by atoms with E-state index in [0.717, 1.165) is 12.8 Å². The van der Waals surface area contributed by atoms with E-state index in [1.165, 1.54) is 0 Å². The standard InChI is InChI=1S/C13H24O5.C10H18O3.C7H10O3.C4H10O/c1-5-11(6-10(4)15)18-12(7-14)8-17-13(16)9(2)3;1-5-9(6-8(4)11)13-10(12)7(2)3;1-5(2)7(8)10-4-6-3-9-6;1-3-4(2)5/h10-12,14-15H,2,5-8H2,1,3-4H3;8-9,11H,2,5-6H2,1,3-4H3;6H,1,3-4H2,2H3;4-5H,3H2,1-2H3. The van der Waals surface area contributed by atoms with Crippen LogP contribution < -0.4 is 0 Å². The predicted molar refractivity (Wildman–Crippen MR) is 177 cm³/mol. The van der Waals surface area contributed by atoms with Gasteiger partial charge in [0.15, 0.2) is 0 Å². The van der Waals surface area contributed by atoms with Crippen molar-refractivity contribution in [1.29, 1.82) is 0 Å². The van der Waals surface area contributed by atoms with Crippen molar-refractivity contribution in [2.45, 2.75) is 137 Å². The summed E-state index contributed by atoms with van der Waals surface area (Å²) in [5.74, 6) is -1.22. The maximum absolute atomic E-state index is 11.2. The Morgan fingerprint density at radius 1 is 0.717 bits per heavy atom. The van der Waals surface area contributed by atoms with Crippen molar-refractivity contribution in [1.82, 2.24) is 0 Å². The van der Waals surface area contributed by atoms with Crippen LogP contribution in [0.2, 0.25) is 0 Å². The molecule has 0 spiro atoms. The molecule has 1 aliphatic heterocycles. The van der Waals surface area contributed by atoms with Gasteiger partial charge in [-0.1, -0.05) is 40.5 Å². The van der Waals surface area contributed by atoms with E-state index in [4.69, 9.17) is 39.0 Å². The Morgan fingerprint density at radius 3 is 1.46 bits per heavy atom. The second-order valence-corrected chi connectivity index (χ2v) is 11.3. The van der Waals surface area contributed by atoms with E-state index in [0.29, 0.717) is 49.2 Å². The van der Waals surface area contributed by atoms with Gasteiger partial charge in [-0.25, -0.2) is 14.4 Å². The molecule has 1 heterocycles. The maximum Gasteiger partial charge on any atom is 0.333 e. The van der Waals surface area contributed by atoms with Gasteiger partial charge in [-0.2, -0.15) is 0 Å². The predicted octanol–water partition coefficient (Wildman–Crippen LogP) is 3.97. The van der Waals surface area contributed by atoms with E-state index < -0.39 is 24.3 Å². The molecule has 4 N–H and O–H groups in total. The Kier molecular flexibility index (Phi) is 29.7. The van der Waals surface area contributed by atoms with Crippen LogP contribution in [-0.2, 0) is 38.1 Å². The monoisotopic (exact) mass is 662 g/mol. The Morgan fingerprint density at radius 2 is 1.13 bits per heavy atom. The maximum atomic E-state index is 11.2. The molecule has 12 nitrogen and oxygen atoms in total. The molecular formula is C34H62O12. The SMILES string of the molecule is C=C(C)C(=O)OC(CC)CC(C)O.C=C(C)C(=O)OCC(CO)OC(CC)CC(C)O.C=C(C)C(=O)OCC1CO1.CCC(C)O. The number of hydrogen-bond acceptors (Lipinski definition) is 12. The minimum atomic E-state index is -0.572. The Bertz CT molecular complexity index is 877. The van der Waals surface area contributed by atoms with Gasteiger partial charge in [0.25, 0.3) is 0 Å². The molecule has 0 aliphatic carbocycles. The lowest BCUT2D eigenvalue weighted by molar-refractivity contribution is -0.148. The number of epoxide rings is 1. The van der Waals surface area contributed by atoms with Gasteiger partial charge in [-0.05, 0) is 67.2 Å². The first kappa shape index (κ1) is 47.8. The first-order chi connectivity index (χ1) is 21.3. The largest absolute Gasteiger partial charge is 0.459 e. The molecule has 270 valence electrons. The third kappa shape index (κ3) is 31.4. The summed E-state index contributed by atoms with van der Waals surface area (Å²) in [5, 5.41) is 35.9. The molecular weight excluding hydrogens is 600 g/mol. The van der Waals surface area contributed by atoms with E-state index in [-0.39, 0.29) is 49.6 Å². The van der Waals surface area contributed by atoms with E-state index in [2.05, 4.69) is 19.7 Å². The van der Waals surface area contributed by atoms with Crippen molar-refractivity contribution in [2.75, 3.05) is 26.4 Å². The quantitative estimate of drug-likeness (QED) is 0.0719. The molecule has 0 bridgehead atoms. The van der Waals surface area contributed by atoms with E-state index in [1.807, 2.05) is 20.8 Å². The molecule has 0 amide bonds. The van der Waals surface area contributed by atoms with E-state index in [9.17, 15) is 19.5 Å². The molecule has 1 rings (SSSR count). The number of hydrogen-bond donors (Lipinski definition) is 4. The number of carbonyl (C=O) groups is 3. The fourth-order valence-electron chi connectivity index (χ4n) is 2.78. The van der Waals surface area contributed by atoms with Crippen molar-refractivity contribution >= 4 is 17.9 Å². The van der Waals surface area contributed by atoms with Gasteiger partial charge in [0.05, 0.1) is 37.6 Å². The summed E-state index contributed by atoms with van der Waals surface area (Å²) >= 11 is 0. The fourth-order valence-corrected chi connectivity index (χ4v) is 2.78.